The van der Waals surface area contributed by atoms with Gasteiger partial charge in [0.15, 0.2) is 0 Å². The van der Waals surface area contributed by atoms with Gasteiger partial charge in [0, 0.05) is 44.8 Å². The van der Waals surface area contributed by atoms with Crippen LogP contribution in [0.25, 0.3) is 16.9 Å². The summed E-state index contributed by atoms with van der Waals surface area (Å²) < 4.78 is 31.8. The number of amides is 1. The molecule has 1 aliphatic heterocycles. The van der Waals surface area contributed by atoms with E-state index in [1.807, 2.05) is 61.5 Å². The summed E-state index contributed by atoms with van der Waals surface area (Å²) in [5.74, 6) is -0.258. The van der Waals surface area contributed by atoms with Crippen LogP contribution in [0.15, 0.2) is 88.6 Å². The summed E-state index contributed by atoms with van der Waals surface area (Å²) in [4.78, 5) is 30.2. The zero-order valence-electron chi connectivity index (χ0n) is 22.6. The average molecular weight is 560 g/mol. The molecule has 1 amide bonds. The third-order valence-electron chi connectivity index (χ3n) is 7.16. The highest BCUT2D eigenvalue weighted by Crippen LogP contribution is 2.29. The lowest BCUT2D eigenvalue weighted by Gasteiger charge is -2.28. The minimum absolute atomic E-state index is 0.0180. The van der Waals surface area contributed by atoms with Crippen LogP contribution in [0, 0.1) is 13.8 Å². The predicted octanol–water partition coefficient (Wildman–Crippen LogP) is 2.95. The summed E-state index contributed by atoms with van der Waals surface area (Å²) in [6, 6.07) is 23.6. The number of aromatic nitrogens is 2. The van der Waals surface area contributed by atoms with E-state index in [2.05, 4.69) is 10.0 Å². The second-order valence-electron chi connectivity index (χ2n) is 9.82. The van der Waals surface area contributed by atoms with Crippen LogP contribution >= 0.6 is 0 Å². The fourth-order valence-electron chi connectivity index (χ4n) is 5.11. The number of carbonyl (C=O) groups excluding carboxylic acids is 1. The number of hydrogen-bond acceptors (Lipinski definition) is 5. The number of carbonyl (C=O) groups is 1. The molecule has 9 nitrogen and oxygen atoms in total. The van der Waals surface area contributed by atoms with Crippen molar-refractivity contribution in [1.29, 1.82) is 0 Å². The molecule has 10 heteroatoms. The molecular formula is C30H33N5O4S. The molecule has 1 aromatic heterocycles. The SMILES string of the molecule is Cc1ccccc1-n1c(-c2ccccc2)c(C(=O)N2CCNCC2)n(CCNS(=O)(=O)c2ccccc2C)c1=O. The molecule has 5 rings (SSSR count). The van der Waals surface area contributed by atoms with Crippen molar-refractivity contribution < 1.29 is 13.2 Å². The minimum atomic E-state index is -3.82. The summed E-state index contributed by atoms with van der Waals surface area (Å²) in [5.41, 5.74) is 3.23. The van der Waals surface area contributed by atoms with E-state index in [-0.39, 0.29) is 29.6 Å². The Labute approximate surface area is 234 Å². The van der Waals surface area contributed by atoms with E-state index < -0.39 is 15.7 Å². The maximum Gasteiger partial charge on any atom is 0.333 e. The summed E-state index contributed by atoms with van der Waals surface area (Å²) in [7, 11) is -3.82. The zero-order valence-corrected chi connectivity index (χ0v) is 23.4. The fraction of sp³-hybridized carbons (Fsp3) is 0.267. The number of para-hydroxylation sites is 1. The zero-order chi connectivity index (χ0) is 28.3. The van der Waals surface area contributed by atoms with Crippen molar-refractivity contribution in [3.63, 3.8) is 0 Å². The van der Waals surface area contributed by atoms with Gasteiger partial charge in [-0.05, 0) is 37.1 Å². The highest BCUT2D eigenvalue weighted by atomic mass is 32.2. The minimum Gasteiger partial charge on any atom is -0.335 e. The lowest BCUT2D eigenvalue weighted by Crippen LogP contribution is -2.47. The molecule has 0 radical (unpaired) electrons. The van der Waals surface area contributed by atoms with Gasteiger partial charge >= 0.3 is 5.69 Å². The Morgan fingerprint density at radius 1 is 0.875 bits per heavy atom. The third kappa shape index (κ3) is 5.38. The molecular weight excluding hydrogens is 526 g/mol. The van der Waals surface area contributed by atoms with Gasteiger partial charge in [-0.25, -0.2) is 17.9 Å². The van der Waals surface area contributed by atoms with Crippen LogP contribution in [0.1, 0.15) is 21.6 Å². The Hall–Kier alpha value is -3.99. The standard InChI is InChI=1S/C30H33N5O4S/c1-22-10-6-8-14-25(22)35-27(24-12-4-3-5-13-24)28(29(36)33-19-16-31-17-20-33)34(30(35)37)21-18-32-40(38,39)26-15-9-7-11-23(26)2/h3-15,31-32H,16-21H2,1-2H3. The van der Waals surface area contributed by atoms with Gasteiger partial charge in [0.25, 0.3) is 5.91 Å². The van der Waals surface area contributed by atoms with Gasteiger partial charge < -0.3 is 10.2 Å². The van der Waals surface area contributed by atoms with Crippen LogP contribution in [0.5, 0.6) is 0 Å². The van der Waals surface area contributed by atoms with Crippen LogP contribution < -0.4 is 15.7 Å². The van der Waals surface area contributed by atoms with Crippen molar-refractivity contribution in [2.24, 2.45) is 0 Å². The third-order valence-corrected chi connectivity index (χ3v) is 8.78. The number of nitrogens with zero attached hydrogens (tertiary/aromatic N) is 3. The second-order valence-corrected chi connectivity index (χ2v) is 11.6. The fourth-order valence-corrected chi connectivity index (χ4v) is 6.38. The van der Waals surface area contributed by atoms with Crippen molar-refractivity contribution in [2.75, 3.05) is 32.7 Å². The highest BCUT2D eigenvalue weighted by molar-refractivity contribution is 7.89. The van der Waals surface area contributed by atoms with E-state index in [1.54, 1.807) is 40.7 Å². The maximum atomic E-state index is 14.2. The maximum absolute atomic E-state index is 14.2. The summed E-state index contributed by atoms with van der Waals surface area (Å²) in [6.45, 7) is 5.91. The van der Waals surface area contributed by atoms with E-state index in [1.165, 1.54) is 4.57 Å². The first-order chi connectivity index (χ1) is 19.3. The van der Waals surface area contributed by atoms with E-state index in [0.717, 1.165) is 11.1 Å². The molecule has 3 aromatic carbocycles. The largest absolute Gasteiger partial charge is 0.335 e. The Morgan fingerprint density at radius 2 is 1.50 bits per heavy atom. The molecule has 1 fully saturated rings. The number of piperazine rings is 1. The van der Waals surface area contributed by atoms with Crippen LogP contribution in [0.2, 0.25) is 0 Å². The molecule has 208 valence electrons. The van der Waals surface area contributed by atoms with Crippen molar-refractivity contribution in [3.05, 3.63) is 106 Å². The topological polar surface area (TPSA) is 105 Å². The van der Waals surface area contributed by atoms with Crippen LogP contribution in [-0.4, -0.2) is 61.1 Å². The Kier molecular flexibility index (Phi) is 8.02. The molecule has 40 heavy (non-hydrogen) atoms. The molecule has 2 N–H and O–H groups in total. The lowest BCUT2D eigenvalue weighted by atomic mass is 10.1. The smallest absolute Gasteiger partial charge is 0.333 e. The van der Waals surface area contributed by atoms with Gasteiger partial charge in [-0.3, -0.25) is 13.9 Å². The van der Waals surface area contributed by atoms with Gasteiger partial charge in [-0.15, -0.1) is 0 Å². The number of sulfonamides is 1. The average Bonchev–Trinajstić information content (AvgIpc) is 3.25. The molecule has 0 atom stereocenters. The van der Waals surface area contributed by atoms with Crippen molar-refractivity contribution in [1.82, 2.24) is 24.1 Å². The molecule has 0 aliphatic carbocycles. The summed E-state index contributed by atoms with van der Waals surface area (Å²) in [5, 5.41) is 3.26. The first kappa shape index (κ1) is 27.6. The van der Waals surface area contributed by atoms with Crippen LogP contribution in [-0.2, 0) is 16.6 Å². The Morgan fingerprint density at radius 3 is 2.17 bits per heavy atom. The first-order valence-corrected chi connectivity index (χ1v) is 14.8. The number of nitrogens with one attached hydrogen (secondary N) is 2. The molecule has 0 spiro atoms. The van der Waals surface area contributed by atoms with Gasteiger partial charge in [-0.1, -0.05) is 66.7 Å². The number of aryl methyl sites for hydroxylation is 2. The number of benzene rings is 3. The number of hydrogen-bond donors (Lipinski definition) is 2. The van der Waals surface area contributed by atoms with Gasteiger partial charge in [-0.2, -0.15) is 0 Å². The van der Waals surface area contributed by atoms with Gasteiger partial charge in [0.2, 0.25) is 10.0 Å². The lowest BCUT2D eigenvalue weighted by molar-refractivity contribution is 0.0725. The molecule has 0 saturated carbocycles. The first-order valence-electron chi connectivity index (χ1n) is 13.3. The van der Waals surface area contributed by atoms with E-state index in [0.29, 0.717) is 43.1 Å². The predicted molar refractivity (Wildman–Crippen MR) is 155 cm³/mol. The van der Waals surface area contributed by atoms with Crippen LogP contribution in [0.4, 0.5) is 0 Å². The van der Waals surface area contributed by atoms with Gasteiger partial charge in [0.1, 0.15) is 5.69 Å². The van der Waals surface area contributed by atoms with Crippen molar-refractivity contribution in [3.8, 4) is 16.9 Å². The number of imidazole rings is 1. The van der Waals surface area contributed by atoms with Gasteiger partial charge in [0.05, 0.1) is 16.3 Å². The molecule has 0 bridgehead atoms. The van der Waals surface area contributed by atoms with Crippen molar-refractivity contribution >= 4 is 15.9 Å². The summed E-state index contributed by atoms with van der Waals surface area (Å²) in [6.07, 6.45) is 0. The Balaban J connectivity index is 1.64. The number of rotatable bonds is 8. The quantitative estimate of drug-likeness (QED) is 0.345. The Bertz CT molecular complexity index is 1690. The van der Waals surface area contributed by atoms with E-state index in [4.69, 9.17) is 0 Å². The molecule has 0 unspecified atom stereocenters. The normalized spacial score (nSPS) is 13.9. The molecule has 1 aliphatic rings. The monoisotopic (exact) mass is 559 g/mol. The molecule has 4 aromatic rings. The molecule has 2 heterocycles. The molecule has 1 saturated heterocycles. The summed E-state index contributed by atoms with van der Waals surface area (Å²) >= 11 is 0. The van der Waals surface area contributed by atoms with Crippen molar-refractivity contribution in [2.45, 2.75) is 25.3 Å². The highest BCUT2D eigenvalue weighted by Gasteiger charge is 2.31. The van der Waals surface area contributed by atoms with Crippen LogP contribution in [0.3, 0.4) is 0 Å². The second kappa shape index (κ2) is 11.6. The van der Waals surface area contributed by atoms with E-state index in [9.17, 15) is 18.0 Å². The van der Waals surface area contributed by atoms with E-state index >= 15 is 0 Å².